The number of amides is 2. The summed E-state index contributed by atoms with van der Waals surface area (Å²) in [5.41, 5.74) is 4.43. The predicted octanol–water partition coefficient (Wildman–Crippen LogP) is 5.46. The molecule has 0 unspecified atom stereocenters. The van der Waals surface area contributed by atoms with Gasteiger partial charge in [-0.15, -0.1) is 0 Å². The average molecular weight is 436 g/mol. The molecule has 5 nitrogen and oxygen atoms in total. The fourth-order valence-corrected chi connectivity index (χ4v) is 4.93. The topological polar surface area (TPSA) is 62.3 Å². The summed E-state index contributed by atoms with van der Waals surface area (Å²) in [6.45, 7) is 4.29. The number of anilines is 2. The van der Waals surface area contributed by atoms with E-state index in [1.165, 1.54) is 22.7 Å². The fraction of sp³-hybridized carbons (Fsp3) is 0.174. The first-order chi connectivity index (χ1) is 14.5. The Bertz CT molecular complexity index is 1150. The maximum Gasteiger partial charge on any atom is 0.252 e. The molecule has 0 aliphatic heterocycles. The van der Waals surface area contributed by atoms with Gasteiger partial charge < -0.3 is 5.32 Å². The molecule has 2 aromatic carbocycles. The summed E-state index contributed by atoms with van der Waals surface area (Å²) in [4.78, 5) is 31.8. The first kappa shape index (κ1) is 20.3. The third-order valence-corrected chi connectivity index (χ3v) is 6.30. The van der Waals surface area contributed by atoms with E-state index in [0.717, 1.165) is 27.0 Å². The monoisotopic (exact) mass is 435 g/mol. The second-order valence-electron chi connectivity index (χ2n) is 7.06. The van der Waals surface area contributed by atoms with Crippen molar-refractivity contribution < 1.29 is 9.59 Å². The lowest BCUT2D eigenvalue weighted by Gasteiger charge is -2.21. The van der Waals surface area contributed by atoms with Crippen LogP contribution in [0.3, 0.4) is 0 Å². The van der Waals surface area contributed by atoms with Crippen molar-refractivity contribution in [2.45, 2.75) is 20.3 Å². The zero-order valence-corrected chi connectivity index (χ0v) is 18.3. The van der Waals surface area contributed by atoms with E-state index >= 15 is 0 Å². The van der Waals surface area contributed by atoms with Crippen molar-refractivity contribution in [3.63, 3.8) is 0 Å². The van der Waals surface area contributed by atoms with E-state index in [-0.39, 0.29) is 24.8 Å². The van der Waals surface area contributed by atoms with Gasteiger partial charge in [-0.3, -0.25) is 14.5 Å². The molecule has 30 heavy (non-hydrogen) atoms. The number of fused-ring (bicyclic) bond motifs is 1. The number of carbonyl (C=O) groups excluding carboxylic acids is 2. The van der Waals surface area contributed by atoms with Crippen LogP contribution in [0.2, 0.25) is 0 Å². The number of rotatable bonds is 6. The number of nitrogens with zero attached hydrogens (tertiary/aromatic N) is 2. The van der Waals surface area contributed by atoms with Crippen molar-refractivity contribution in [1.29, 1.82) is 0 Å². The molecule has 0 spiro atoms. The summed E-state index contributed by atoms with van der Waals surface area (Å²) in [7, 11) is 0. The Labute approximate surface area is 183 Å². The molecule has 0 fully saturated rings. The Morgan fingerprint density at radius 3 is 2.53 bits per heavy atom. The van der Waals surface area contributed by atoms with Gasteiger partial charge in [0.25, 0.3) is 5.91 Å². The molecule has 0 atom stereocenters. The molecule has 0 saturated carbocycles. The normalized spacial score (nSPS) is 10.9. The van der Waals surface area contributed by atoms with E-state index in [4.69, 9.17) is 4.98 Å². The summed E-state index contributed by atoms with van der Waals surface area (Å²) in [5, 5.41) is 7.11. The molecule has 1 N–H and O–H groups in total. The molecule has 7 heteroatoms. The number of benzene rings is 2. The van der Waals surface area contributed by atoms with Crippen LogP contribution in [0.5, 0.6) is 0 Å². The largest absolute Gasteiger partial charge is 0.351 e. The van der Waals surface area contributed by atoms with Crippen molar-refractivity contribution in [1.82, 2.24) is 10.3 Å². The smallest absolute Gasteiger partial charge is 0.252 e. The molecule has 4 aromatic rings. The Balaban J connectivity index is 1.59. The first-order valence-corrected chi connectivity index (χ1v) is 11.3. The third-order valence-electron chi connectivity index (χ3n) is 4.60. The van der Waals surface area contributed by atoms with Gasteiger partial charge >= 0.3 is 0 Å². The van der Waals surface area contributed by atoms with Gasteiger partial charge in [0.05, 0.1) is 15.9 Å². The minimum Gasteiger partial charge on any atom is -0.351 e. The van der Waals surface area contributed by atoms with Crippen molar-refractivity contribution in [3.8, 4) is 0 Å². The number of carbonyl (C=O) groups is 2. The first-order valence-electron chi connectivity index (χ1n) is 9.58. The molecule has 2 heterocycles. The van der Waals surface area contributed by atoms with E-state index in [9.17, 15) is 9.59 Å². The highest BCUT2D eigenvalue weighted by Gasteiger charge is 2.22. The number of aryl methyl sites for hydroxylation is 2. The Kier molecular flexibility index (Phi) is 5.92. The molecule has 2 amide bonds. The number of aromatic nitrogens is 1. The number of thiazole rings is 1. The van der Waals surface area contributed by atoms with Crippen LogP contribution in [-0.4, -0.2) is 23.3 Å². The van der Waals surface area contributed by atoms with Gasteiger partial charge in [-0.1, -0.05) is 29.5 Å². The number of hydrogen-bond acceptors (Lipinski definition) is 5. The van der Waals surface area contributed by atoms with Crippen LogP contribution in [0.1, 0.15) is 27.9 Å². The zero-order chi connectivity index (χ0) is 21.1. The van der Waals surface area contributed by atoms with Gasteiger partial charge in [0.1, 0.15) is 0 Å². The van der Waals surface area contributed by atoms with Gasteiger partial charge in [-0.2, -0.15) is 11.3 Å². The SMILES string of the molecule is Cc1cc(C)cc(N(C(=O)CCNC(=O)c2ccsc2)c2nc3ccccc3s2)c1. The maximum absolute atomic E-state index is 13.3. The van der Waals surface area contributed by atoms with Crippen molar-refractivity contribution in [2.24, 2.45) is 0 Å². The fourth-order valence-electron chi connectivity index (χ4n) is 3.29. The Morgan fingerprint density at radius 1 is 1.07 bits per heavy atom. The third kappa shape index (κ3) is 4.42. The van der Waals surface area contributed by atoms with Gasteiger partial charge in [-0.25, -0.2) is 4.98 Å². The highest BCUT2D eigenvalue weighted by atomic mass is 32.1. The zero-order valence-electron chi connectivity index (χ0n) is 16.7. The predicted molar refractivity (Wildman–Crippen MR) is 124 cm³/mol. The highest BCUT2D eigenvalue weighted by Crippen LogP contribution is 2.34. The second kappa shape index (κ2) is 8.77. The van der Waals surface area contributed by atoms with Gasteiger partial charge in [0.2, 0.25) is 5.91 Å². The number of para-hydroxylation sites is 1. The van der Waals surface area contributed by atoms with Crippen LogP contribution in [-0.2, 0) is 4.79 Å². The van der Waals surface area contributed by atoms with Crippen LogP contribution in [0.15, 0.2) is 59.3 Å². The van der Waals surface area contributed by atoms with Crippen molar-refractivity contribution in [2.75, 3.05) is 11.4 Å². The number of nitrogens with one attached hydrogen (secondary N) is 1. The minimum atomic E-state index is -0.165. The summed E-state index contributed by atoms with van der Waals surface area (Å²) in [6, 6.07) is 15.7. The van der Waals surface area contributed by atoms with E-state index in [0.29, 0.717) is 10.7 Å². The average Bonchev–Trinajstić information content (AvgIpc) is 3.37. The van der Waals surface area contributed by atoms with Crippen LogP contribution < -0.4 is 10.2 Å². The number of thiophene rings is 1. The summed E-state index contributed by atoms with van der Waals surface area (Å²) >= 11 is 2.95. The van der Waals surface area contributed by atoms with Gasteiger partial charge in [0, 0.05) is 23.9 Å². The summed E-state index contributed by atoms with van der Waals surface area (Å²) in [6.07, 6.45) is 0.179. The molecule has 0 bridgehead atoms. The van der Waals surface area contributed by atoms with Crippen molar-refractivity contribution >= 4 is 55.5 Å². The molecule has 0 radical (unpaired) electrons. The Morgan fingerprint density at radius 2 is 1.83 bits per heavy atom. The molecule has 2 aromatic heterocycles. The number of hydrogen-bond donors (Lipinski definition) is 1. The van der Waals surface area contributed by atoms with Crippen LogP contribution >= 0.6 is 22.7 Å². The second-order valence-corrected chi connectivity index (χ2v) is 8.85. The van der Waals surface area contributed by atoms with Gasteiger partial charge in [-0.05, 0) is 60.7 Å². The minimum absolute atomic E-state index is 0.107. The van der Waals surface area contributed by atoms with E-state index < -0.39 is 0 Å². The lowest BCUT2D eigenvalue weighted by Crippen LogP contribution is -2.31. The molecular weight excluding hydrogens is 414 g/mol. The molecule has 152 valence electrons. The quantitative estimate of drug-likeness (QED) is 0.437. The molecule has 0 aliphatic carbocycles. The Hall–Kier alpha value is -3.03. The highest BCUT2D eigenvalue weighted by molar-refractivity contribution is 7.22. The summed E-state index contributed by atoms with van der Waals surface area (Å²) < 4.78 is 1.03. The van der Waals surface area contributed by atoms with E-state index in [2.05, 4.69) is 11.4 Å². The lowest BCUT2D eigenvalue weighted by molar-refractivity contribution is -0.117. The maximum atomic E-state index is 13.3. The van der Waals surface area contributed by atoms with Crippen LogP contribution in [0, 0.1) is 13.8 Å². The molecule has 0 saturated heterocycles. The lowest BCUT2D eigenvalue weighted by atomic mass is 10.1. The standard InChI is InChI=1S/C23H21N3O2S2/c1-15-11-16(2)13-18(12-15)26(23-25-19-5-3-4-6-20(19)30-23)21(27)7-9-24-22(28)17-8-10-29-14-17/h3-6,8,10-14H,7,9H2,1-2H3,(H,24,28). The molecule has 0 aliphatic rings. The van der Waals surface area contributed by atoms with E-state index in [1.807, 2.05) is 55.6 Å². The van der Waals surface area contributed by atoms with Crippen molar-refractivity contribution in [3.05, 3.63) is 76.0 Å². The van der Waals surface area contributed by atoms with E-state index in [1.54, 1.807) is 16.3 Å². The van der Waals surface area contributed by atoms with Gasteiger partial charge in [0.15, 0.2) is 5.13 Å². The summed E-state index contributed by atoms with van der Waals surface area (Å²) in [5.74, 6) is -0.272. The van der Waals surface area contributed by atoms with Crippen LogP contribution in [0.4, 0.5) is 10.8 Å². The van der Waals surface area contributed by atoms with Crippen LogP contribution in [0.25, 0.3) is 10.2 Å². The molecule has 4 rings (SSSR count). The molecular formula is C23H21N3O2S2.